The number of carbonyl (C=O) groups is 3. The van der Waals surface area contributed by atoms with Crippen molar-refractivity contribution in [3.63, 3.8) is 0 Å². The lowest BCUT2D eigenvalue weighted by Crippen LogP contribution is -2.48. The molecule has 0 saturated carbocycles. The van der Waals surface area contributed by atoms with Crippen LogP contribution in [0.1, 0.15) is 68.8 Å². The number of Topliss-reactive ketones (excluding diaryl/α,β-unsaturated/α-hetero) is 1. The zero-order valence-corrected chi connectivity index (χ0v) is 22.6. The van der Waals surface area contributed by atoms with Crippen LogP contribution in [-0.2, 0) is 14.4 Å². The van der Waals surface area contributed by atoms with Gasteiger partial charge in [0, 0.05) is 12.5 Å². The summed E-state index contributed by atoms with van der Waals surface area (Å²) in [6.45, 7) is 13.2. The standard InChI is InChI=1S/C28H32N4O4S/c1-15(2)22-12-24(36-31-22)25(16(3)4)28(35)32-13-21(33)11-23(32)27(34)30-17(5)19-7-9-20(10-8-19)26-18(6)29-14-37-26/h7-10,12,14,16-17,23,25H,1,11,13H2,2-6H3,(H,30,34)/t17-,23-,25-/m0/s1. The number of amides is 2. The molecule has 9 heteroatoms. The molecule has 1 fully saturated rings. The number of thiazole rings is 1. The maximum Gasteiger partial charge on any atom is 0.243 e. The fourth-order valence-electron chi connectivity index (χ4n) is 4.60. The van der Waals surface area contributed by atoms with E-state index in [0.717, 1.165) is 27.3 Å². The van der Waals surface area contributed by atoms with E-state index < -0.39 is 12.0 Å². The lowest BCUT2D eigenvalue weighted by molar-refractivity contribution is -0.141. The second-order valence-electron chi connectivity index (χ2n) is 9.96. The van der Waals surface area contributed by atoms with Gasteiger partial charge in [0.25, 0.3) is 0 Å². The van der Waals surface area contributed by atoms with E-state index >= 15 is 0 Å². The number of allylic oxidation sites excluding steroid dienone is 1. The predicted molar refractivity (Wildman–Crippen MR) is 143 cm³/mol. The van der Waals surface area contributed by atoms with Gasteiger partial charge in [0.15, 0.2) is 5.78 Å². The van der Waals surface area contributed by atoms with Crippen molar-refractivity contribution in [1.29, 1.82) is 0 Å². The summed E-state index contributed by atoms with van der Waals surface area (Å²) in [5.41, 5.74) is 6.10. The monoisotopic (exact) mass is 520 g/mol. The minimum Gasteiger partial charge on any atom is -0.360 e. The third-order valence-corrected chi connectivity index (χ3v) is 7.69. The highest BCUT2D eigenvalue weighted by atomic mass is 32.1. The van der Waals surface area contributed by atoms with E-state index in [4.69, 9.17) is 4.52 Å². The van der Waals surface area contributed by atoms with Gasteiger partial charge in [0.05, 0.1) is 28.7 Å². The number of nitrogens with one attached hydrogen (secondary N) is 1. The summed E-state index contributed by atoms with van der Waals surface area (Å²) in [4.78, 5) is 46.1. The Balaban J connectivity index is 1.49. The molecule has 1 aliphatic rings. The van der Waals surface area contributed by atoms with Crippen molar-refractivity contribution in [2.75, 3.05) is 6.54 Å². The third-order valence-electron chi connectivity index (χ3n) is 6.71. The SMILES string of the molecule is C=C(C)c1cc([C@@H](C(=O)N2CC(=O)C[C@H]2C(=O)N[C@@H](C)c2ccc(-c3scnc3C)cc2)C(C)C)on1. The topological polar surface area (TPSA) is 105 Å². The number of ketones is 1. The quantitative estimate of drug-likeness (QED) is 0.452. The van der Waals surface area contributed by atoms with Gasteiger partial charge >= 0.3 is 0 Å². The number of hydrogen-bond acceptors (Lipinski definition) is 7. The summed E-state index contributed by atoms with van der Waals surface area (Å²) >= 11 is 1.59. The lowest BCUT2D eigenvalue weighted by atomic mass is 9.91. The number of benzene rings is 1. The highest BCUT2D eigenvalue weighted by Gasteiger charge is 2.43. The molecule has 1 saturated heterocycles. The third kappa shape index (κ3) is 5.56. The van der Waals surface area contributed by atoms with Crippen LogP contribution in [0.2, 0.25) is 0 Å². The van der Waals surface area contributed by atoms with E-state index in [9.17, 15) is 14.4 Å². The van der Waals surface area contributed by atoms with Gasteiger partial charge in [0.2, 0.25) is 11.8 Å². The van der Waals surface area contributed by atoms with E-state index in [-0.39, 0.29) is 42.5 Å². The van der Waals surface area contributed by atoms with Gasteiger partial charge in [-0.05, 0) is 43.4 Å². The number of nitrogens with zero attached hydrogens (tertiary/aromatic N) is 3. The maximum absolute atomic E-state index is 13.6. The van der Waals surface area contributed by atoms with Crippen LogP contribution in [0, 0.1) is 12.8 Å². The van der Waals surface area contributed by atoms with E-state index in [2.05, 4.69) is 22.0 Å². The number of aryl methyl sites for hydroxylation is 1. The first-order valence-corrected chi connectivity index (χ1v) is 13.2. The highest BCUT2D eigenvalue weighted by Crippen LogP contribution is 2.32. The number of aromatic nitrogens is 2. The zero-order chi connectivity index (χ0) is 26.9. The average Bonchev–Trinajstić information content (AvgIpc) is 3.59. The molecule has 1 aromatic carbocycles. The first-order valence-electron chi connectivity index (χ1n) is 12.3. The molecule has 0 unspecified atom stereocenters. The molecule has 1 N–H and O–H groups in total. The number of carbonyl (C=O) groups excluding carboxylic acids is 3. The molecule has 37 heavy (non-hydrogen) atoms. The summed E-state index contributed by atoms with van der Waals surface area (Å²) in [5.74, 6) is -1.20. The molecule has 0 spiro atoms. The fourth-order valence-corrected chi connectivity index (χ4v) is 5.41. The first kappa shape index (κ1) is 26.5. The average molecular weight is 521 g/mol. The van der Waals surface area contributed by atoms with Gasteiger partial charge in [0.1, 0.15) is 23.4 Å². The van der Waals surface area contributed by atoms with Crippen LogP contribution < -0.4 is 5.32 Å². The second-order valence-corrected chi connectivity index (χ2v) is 10.8. The molecule has 4 rings (SSSR count). The molecule has 0 bridgehead atoms. The van der Waals surface area contributed by atoms with Crippen LogP contribution in [0.3, 0.4) is 0 Å². The Bertz CT molecular complexity index is 1320. The van der Waals surface area contributed by atoms with Gasteiger partial charge in [-0.2, -0.15) is 0 Å². The minimum atomic E-state index is -0.869. The number of rotatable bonds is 8. The first-order chi connectivity index (χ1) is 17.6. The van der Waals surface area contributed by atoms with E-state index in [0.29, 0.717) is 11.5 Å². The Morgan fingerprint density at radius 3 is 2.49 bits per heavy atom. The molecule has 2 amide bonds. The summed E-state index contributed by atoms with van der Waals surface area (Å²) in [6.07, 6.45) is -0.00782. The van der Waals surface area contributed by atoms with E-state index in [1.54, 1.807) is 17.4 Å². The van der Waals surface area contributed by atoms with Crippen LogP contribution in [0.5, 0.6) is 0 Å². The summed E-state index contributed by atoms with van der Waals surface area (Å²) in [5, 5.41) is 7.00. The maximum atomic E-state index is 13.6. The second kappa shape index (κ2) is 10.8. The Hall–Kier alpha value is -3.59. The van der Waals surface area contributed by atoms with Gasteiger partial charge in [-0.3, -0.25) is 14.4 Å². The molecule has 8 nitrogen and oxygen atoms in total. The van der Waals surface area contributed by atoms with Gasteiger partial charge in [-0.1, -0.05) is 49.8 Å². The summed E-state index contributed by atoms with van der Waals surface area (Å²) in [7, 11) is 0. The molecule has 3 aromatic rings. The van der Waals surface area contributed by atoms with Crippen molar-refractivity contribution in [2.24, 2.45) is 5.92 Å². The van der Waals surface area contributed by atoms with Crippen molar-refractivity contribution in [3.8, 4) is 10.4 Å². The van der Waals surface area contributed by atoms with Gasteiger partial charge in [-0.15, -0.1) is 11.3 Å². The largest absolute Gasteiger partial charge is 0.360 e. The molecular weight excluding hydrogens is 488 g/mol. The van der Waals surface area contributed by atoms with Gasteiger partial charge < -0.3 is 14.7 Å². The number of hydrogen-bond donors (Lipinski definition) is 1. The Labute approximate surface area is 220 Å². The van der Waals surface area contributed by atoms with Crippen molar-refractivity contribution < 1.29 is 18.9 Å². The summed E-state index contributed by atoms with van der Waals surface area (Å²) < 4.78 is 5.47. The molecule has 0 radical (unpaired) electrons. The lowest BCUT2D eigenvalue weighted by Gasteiger charge is -2.29. The minimum absolute atomic E-state index is 0.00782. The van der Waals surface area contributed by atoms with Crippen LogP contribution in [0.4, 0.5) is 0 Å². The predicted octanol–water partition coefficient (Wildman–Crippen LogP) is 4.93. The zero-order valence-electron chi connectivity index (χ0n) is 21.8. The molecule has 194 valence electrons. The van der Waals surface area contributed by atoms with Crippen molar-refractivity contribution in [2.45, 2.75) is 59.0 Å². The number of likely N-dealkylation sites (tertiary alicyclic amines) is 1. The Morgan fingerprint density at radius 2 is 1.92 bits per heavy atom. The van der Waals surface area contributed by atoms with Crippen LogP contribution in [0.15, 0.2) is 46.9 Å². The molecule has 1 aliphatic heterocycles. The van der Waals surface area contributed by atoms with Crippen LogP contribution in [0.25, 0.3) is 16.0 Å². The molecule has 3 atom stereocenters. The highest BCUT2D eigenvalue weighted by molar-refractivity contribution is 7.13. The van der Waals surface area contributed by atoms with Crippen molar-refractivity contribution in [1.82, 2.24) is 20.4 Å². The molecular formula is C28H32N4O4S. The van der Waals surface area contributed by atoms with Crippen molar-refractivity contribution in [3.05, 3.63) is 65.1 Å². The van der Waals surface area contributed by atoms with Crippen LogP contribution >= 0.6 is 11.3 Å². The van der Waals surface area contributed by atoms with Gasteiger partial charge in [-0.25, -0.2) is 4.98 Å². The van der Waals surface area contributed by atoms with Crippen LogP contribution in [-0.4, -0.2) is 45.2 Å². The smallest absolute Gasteiger partial charge is 0.243 e. The van der Waals surface area contributed by atoms with Crippen molar-refractivity contribution >= 4 is 34.5 Å². The van der Waals surface area contributed by atoms with E-state index in [1.165, 1.54) is 4.90 Å². The Morgan fingerprint density at radius 1 is 1.22 bits per heavy atom. The Kier molecular flexibility index (Phi) is 7.73. The molecule has 3 heterocycles. The van der Waals surface area contributed by atoms with E-state index in [1.807, 2.05) is 64.4 Å². The normalized spacial score (nSPS) is 17.2. The molecule has 2 aromatic heterocycles. The summed E-state index contributed by atoms with van der Waals surface area (Å²) in [6, 6.07) is 8.50. The molecule has 0 aliphatic carbocycles. The fraction of sp³-hybridized carbons (Fsp3) is 0.393.